The average molecular weight is 206 g/mol. The Morgan fingerprint density at radius 2 is 2.07 bits per heavy atom. The highest BCUT2D eigenvalue weighted by Gasteiger charge is 2.52. The van der Waals surface area contributed by atoms with E-state index in [2.05, 4.69) is 18.8 Å². The van der Waals surface area contributed by atoms with Gasteiger partial charge in [-0.3, -0.25) is 0 Å². The number of pyridine rings is 1. The predicted octanol–water partition coefficient (Wildman–Crippen LogP) is 1.86. The summed E-state index contributed by atoms with van der Waals surface area (Å²) in [5.41, 5.74) is 7.12. The first-order valence-corrected chi connectivity index (χ1v) is 5.30. The normalized spacial score (nSPS) is 18.7. The van der Waals surface area contributed by atoms with Gasteiger partial charge in [0.15, 0.2) is 0 Å². The van der Waals surface area contributed by atoms with Crippen LogP contribution in [0, 0.1) is 0 Å². The molecule has 0 saturated heterocycles. The number of aromatic nitrogens is 1. The van der Waals surface area contributed by atoms with Crippen molar-refractivity contribution in [2.75, 3.05) is 7.11 Å². The summed E-state index contributed by atoms with van der Waals surface area (Å²) >= 11 is 0. The maximum Gasteiger partial charge on any atom is 0.213 e. The fraction of sp³-hybridized carbons (Fsp3) is 0.583. The molecule has 0 atom stereocenters. The Hall–Kier alpha value is -1.09. The number of hydrogen-bond donors (Lipinski definition) is 1. The SMILES string of the molecule is COc1cccc(C(C)(C)C2(N)CC2)n1. The molecule has 0 spiro atoms. The standard InChI is InChI=1S/C12H18N2O/c1-11(2,12(13)7-8-12)9-5-4-6-10(14-9)15-3/h4-6H,7-8,13H2,1-3H3. The van der Waals surface area contributed by atoms with Gasteiger partial charge in [0.1, 0.15) is 0 Å². The van der Waals surface area contributed by atoms with Crippen molar-refractivity contribution in [1.82, 2.24) is 4.98 Å². The van der Waals surface area contributed by atoms with Crippen molar-refractivity contribution in [3.05, 3.63) is 23.9 Å². The molecule has 15 heavy (non-hydrogen) atoms. The van der Waals surface area contributed by atoms with Crippen LogP contribution in [0.25, 0.3) is 0 Å². The molecule has 3 heteroatoms. The fourth-order valence-corrected chi connectivity index (χ4v) is 1.89. The van der Waals surface area contributed by atoms with Gasteiger partial charge in [0, 0.05) is 17.0 Å². The molecular formula is C12H18N2O. The van der Waals surface area contributed by atoms with E-state index in [1.807, 2.05) is 18.2 Å². The summed E-state index contributed by atoms with van der Waals surface area (Å²) in [6.45, 7) is 4.31. The van der Waals surface area contributed by atoms with Crippen LogP contribution in [0.1, 0.15) is 32.4 Å². The topological polar surface area (TPSA) is 48.1 Å². The average Bonchev–Trinajstić information content (AvgIpc) is 2.98. The Morgan fingerprint density at radius 3 is 2.60 bits per heavy atom. The monoisotopic (exact) mass is 206 g/mol. The number of hydrogen-bond acceptors (Lipinski definition) is 3. The summed E-state index contributed by atoms with van der Waals surface area (Å²) in [5.74, 6) is 0.657. The van der Waals surface area contributed by atoms with Crippen molar-refractivity contribution in [1.29, 1.82) is 0 Å². The molecule has 1 aromatic heterocycles. The molecule has 1 saturated carbocycles. The Kier molecular flexibility index (Phi) is 2.23. The maximum atomic E-state index is 6.27. The van der Waals surface area contributed by atoms with E-state index in [1.54, 1.807) is 7.11 Å². The zero-order chi connectivity index (χ0) is 11.1. The predicted molar refractivity (Wildman–Crippen MR) is 60.0 cm³/mol. The minimum atomic E-state index is -0.0818. The molecule has 1 aliphatic carbocycles. The van der Waals surface area contributed by atoms with Crippen LogP contribution in [0.2, 0.25) is 0 Å². The molecule has 0 unspecified atom stereocenters. The molecule has 3 nitrogen and oxygen atoms in total. The molecule has 82 valence electrons. The van der Waals surface area contributed by atoms with E-state index < -0.39 is 0 Å². The highest BCUT2D eigenvalue weighted by Crippen LogP contribution is 2.48. The van der Waals surface area contributed by atoms with Crippen LogP contribution in [-0.4, -0.2) is 17.6 Å². The Morgan fingerprint density at radius 1 is 1.40 bits per heavy atom. The van der Waals surface area contributed by atoms with Crippen LogP contribution in [0.15, 0.2) is 18.2 Å². The first kappa shape index (κ1) is 10.4. The third-order valence-corrected chi connectivity index (χ3v) is 3.61. The molecular weight excluding hydrogens is 188 g/mol. The van der Waals surface area contributed by atoms with E-state index in [1.165, 1.54) is 0 Å². The lowest BCUT2D eigenvalue weighted by Gasteiger charge is -2.31. The van der Waals surface area contributed by atoms with E-state index in [0.29, 0.717) is 5.88 Å². The first-order chi connectivity index (χ1) is 6.99. The van der Waals surface area contributed by atoms with Gasteiger partial charge in [-0.15, -0.1) is 0 Å². The minimum Gasteiger partial charge on any atom is -0.481 e. The van der Waals surface area contributed by atoms with Crippen LogP contribution in [0.5, 0.6) is 5.88 Å². The number of methoxy groups -OCH3 is 1. The third kappa shape index (κ3) is 1.61. The summed E-state index contributed by atoms with van der Waals surface area (Å²) in [4.78, 5) is 4.47. The third-order valence-electron chi connectivity index (χ3n) is 3.61. The molecule has 0 amide bonds. The Labute approximate surface area is 90.7 Å². The zero-order valence-electron chi connectivity index (χ0n) is 9.58. The van der Waals surface area contributed by atoms with Gasteiger partial charge in [-0.25, -0.2) is 4.98 Å². The van der Waals surface area contributed by atoms with Crippen molar-refractivity contribution in [3.63, 3.8) is 0 Å². The van der Waals surface area contributed by atoms with E-state index in [4.69, 9.17) is 10.5 Å². The lowest BCUT2D eigenvalue weighted by Crippen LogP contribution is -2.43. The number of nitrogens with zero attached hydrogens (tertiary/aromatic N) is 1. The second-order valence-electron chi connectivity index (χ2n) is 4.85. The summed E-state index contributed by atoms with van der Waals surface area (Å²) < 4.78 is 5.13. The highest BCUT2D eigenvalue weighted by atomic mass is 16.5. The molecule has 0 aromatic carbocycles. The Bertz CT molecular complexity index is 370. The van der Waals surface area contributed by atoms with Crippen molar-refractivity contribution in [3.8, 4) is 5.88 Å². The molecule has 0 bridgehead atoms. The van der Waals surface area contributed by atoms with Gasteiger partial charge in [-0.1, -0.05) is 19.9 Å². The largest absolute Gasteiger partial charge is 0.481 e. The molecule has 1 aromatic rings. The lowest BCUT2D eigenvalue weighted by molar-refractivity contribution is 0.361. The van der Waals surface area contributed by atoms with Crippen molar-refractivity contribution in [2.24, 2.45) is 5.73 Å². The molecule has 1 fully saturated rings. The molecule has 0 radical (unpaired) electrons. The molecule has 1 aliphatic rings. The van der Waals surface area contributed by atoms with E-state index in [0.717, 1.165) is 18.5 Å². The number of nitrogens with two attached hydrogens (primary N) is 1. The highest BCUT2D eigenvalue weighted by molar-refractivity contribution is 5.29. The van der Waals surface area contributed by atoms with Crippen LogP contribution >= 0.6 is 0 Å². The number of ether oxygens (including phenoxy) is 1. The van der Waals surface area contributed by atoms with E-state index >= 15 is 0 Å². The van der Waals surface area contributed by atoms with Gasteiger partial charge in [0.2, 0.25) is 5.88 Å². The van der Waals surface area contributed by atoms with E-state index in [-0.39, 0.29) is 11.0 Å². The summed E-state index contributed by atoms with van der Waals surface area (Å²) in [6.07, 6.45) is 2.16. The lowest BCUT2D eigenvalue weighted by atomic mass is 9.79. The van der Waals surface area contributed by atoms with Crippen molar-refractivity contribution in [2.45, 2.75) is 37.6 Å². The molecule has 0 aliphatic heterocycles. The summed E-state index contributed by atoms with van der Waals surface area (Å²) in [7, 11) is 1.63. The molecule has 2 rings (SSSR count). The van der Waals surface area contributed by atoms with Crippen LogP contribution in [-0.2, 0) is 5.41 Å². The minimum absolute atomic E-state index is 0.0770. The summed E-state index contributed by atoms with van der Waals surface area (Å²) in [6, 6.07) is 5.85. The fourth-order valence-electron chi connectivity index (χ4n) is 1.89. The second-order valence-corrected chi connectivity index (χ2v) is 4.85. The van der Waals surface area contributed by atoms with Crippen LogP contribution < -0.4 is 10.5 Å². The first-order valence-electron chi connectivity index (χ1n) is 5.30. The van der Waals surface area contributed by atoms with Gasteiger partial charge < -0.3 is 10.5 Å². The maximum absolute atomic E-state index is 6.27. The second kappa shape index (κ2) is 3.20. The van der Waals surface area contributed by atoms with Gasteiger partial charge >= 0.3 is 0 Å². The van der Waals surface area contributed by atoms with Gasteiger partial charge in [0.05, 0.1) is 12.8 Å². The Balaban J connectivity index is 2.36. The van der Waals surface area contributed by atoms with Crippen molar-refractivity contribution >= 4 is 0 Å². The van der Waals surface area contributed by atoms with Crippen LogP contribution in [0.4, 0.5) is 0 Å². The summed E-state index contributed by atoms with van der Waals surface area (Å²) in [5, 5.41) is 0. The quantitative estimate of drug-likeness (QED) is 0.821. The van der Waals surface area contributed by atoms with Crippen LogP contribution in [0.3, 0.4) is 0 Å². The molecule has 2 N–H and O–H groups in total. The smallest absolute Gasteiger partial charge is 0.213 e. The number of rotatable bonds is 3. The van der Waals surface area contributed by atoms with Gasteiger partial charge in [-0.05, 0) is 18.9 Å². The molecule has 1 heterocycles. The van der Waals surface area contributed by atoms with Crippen molar-refractivity contribution < 1.29 is 4.74 Å². The van der Waals surface area contributed by atoms with Gasteiger partial charge in [-0.2, -0.15) is 0 Å². The van der Waals surface area contributed by atoms with E-state index in [9.17, 15) is 0 Å². The van der Waals surface area contributed by atoms with Gasteiger partial charge in [0.25, 0.3) is 0 Å². The zero-order valence-corrected chi connectivity index (χ0v) is 9.58.